The summed E-state index contributed by atoms with van der Waals surface area (Å²) in [6.45, 7) is 6.35. The van der Waals surface area contributed by atoms with Gasteiger partial charge in [-0.25, -0.2) is 4.79 Å². The molecule has 0 radical (unpaired) electrons. The lowest BCUT2D eigenvalue weighted by atomic mass is 9.63. The first-order valence-electron chi connectivity index (χ1n) is 12.0. The summed E-state index contributed by atoms with van der Waals surface area (Å²) >= 11 is 0. The van der Waals surface area contributed by atoms with Crippen LogP contribution in [0.3, 0.4) is 0 Å². The molecule has 1 aliphatic heterocycles. The van der Waals surface area contributed by atoms with Gasteiger partial charge in [0.1, 0.15) is 0 Å². The minimum absolute atomic E-state index is 0.0964. The van der Waals surface area contributed by atoms with Crippen molar-refractivity contribution >= 4 is 33.3 Å². The molecule has 1 saturated heterocycles. The maximum atomic E-state index is 12.6. The monoisotopic (exact) mass is 434 g/mol. The first-order valence-corrected chi connectivity index (χ1v) is 12.0. The van der Waals surface area contributed by atoms with Crippen LogP contribution in [0.2, 0.25) is 0 Å². The van der Waals surface area contributed by atoms with E-state index in [1.54, 1.807) is 4.90 Å². The van der Waals surface area contributed by atoms with Gasteiger partial charge in [0.2, 0.25) is 0 Å². The molecule has 0 aromatic heterocycles. The van der Waals surface area contributed by atoms with E-state index in [1.165, 1.54) is 38.2 Å². The molecule has 1 heterocycles. The number of likely N-dealkylation sites (N-methyl/N-ethyl adjacent to an activating group) is 1. The van der Waals surface area contributed by atoms with Crippen LogP contribution in [0.25, 0.3) is 21.5 Å². The lowest BCUT2D eigenvalue weighted by Crippen LogP contribution is -2.32. The van der Waals surface area contributed by atoms with Crippen LogP contribution in [0.4, 0.5) is 10.5 Å². The molecule has 0 spiro atoms. The molecule has 6 rings (SSSR count). The second-order valence-corrected chi connectivity index (χ2v) is 10.5. The molecule has 166 valence electrons. The van der Waals surface area contributed by atoms with Crippen LogP contribution in [0, 0.1) is 5.41 Å². The molecule has 1 fully saturated rings. The first-order chi connectivity index (χ1) is 15.9. The van der Waals surface area contributed by atoms with Gasteiger partial charge in [-0.05, 0) is 74.5 Å². The second-order valence-electron chi connectivity index (χ2n) is 10.5. The minimum Gasteiger partial charge on any atom is -0.326 e. The molecule has 4 aromatic carbocycles. The Morgan fingerprint density at radius 2 is 1.67 bits per heavy atom. The Morgan fingerprint density at radius 1 is 0.848 bits per heavy atom. The Bertz CT molecular complexity index is 1400. The van der Waals surface area contributed by atoms with Crippen LogP contribution in [0.5, 0.6) is 0 Å². The second kappa shape index (κ2) is 7.34. The summed E-state index contributed by atoms with van der Waals surface area (Å²) in [5.41, 5.74) is 5.45. The Labute approximate surface area is 195 Å². The molecule has 2 amide bonds. The summed E-state index contributed by atoms with van der Waals surface area (Å²) in [4.78, 5) is 16.3. The number of hydrogen-bond acceptors (Lipinski definition) is 1. The number of benzene rings is 4. The zero-order valence-corrected chi connectivity index (χ0v) is 19.6. The number of hydrogen-bond donors (Lipinski definition) is 0. The van der Waals surface area contributed by atoms with E-state index in [9.17, 15) is 4.79 Å². The van der Waals surface area contributed by atoms with E-state index >= 15 is 0 Å². The van der Waals surface area contributed by atoms with E-state index in [4.69, 9.17) is 0 Å². The standard InChI is InChI=1S/C30H30N2O/c1-30(2)19-27-21(12-14-25-24-10-5-4-7-20(24)11-13-26(25)27)18-28(30)22-8-6-9-23(17-22)32-16-15-31(3)29(32)33/h4-14,17,28H,15-16,18-19H2,1-3H3. The summed E-state index contributed by atoms with van der Waals surface area (Å²) in [5.74, 6) is 0.415. The SMILES string of the molecule is CN1CCN(c2cccc(C3Cc4ccc5c(ccc6ccccc65)c4CC3(C)C)c2)C1=O. The molecule has 3 heteroatoms. The number of urea groups is 1. The van der Waals surface area contributed by atoms with E-state index in [2.05, 4.69) is 86.6 Å². The number of amides is 2. The van der Waals surface area contributed by atoms with E-state index in [0.717, 1.165) is 31.6 Å². The van der Waals surface area contributed by atoms with Gasteiger partial charge in [0.25, 0.3) is 0 Å². The Balaban J connectivity index is 1.41. The van der Waals surface area contributed by atoms with Crippen molar-refractivity contribution in [3.63, 3.8) is 0 Å². The van der Waals surface area contributed by atoms with Crippen molar-refractivity contribution < 1.29 is 4.79 Å². The highest BCUT2D eigenvalue weighted by atomic mass is 16.2. The highest BCUT2D eigenvalue weighted by Crippen LogP contribution is 2.48. The average molecular weight is 435 g/mol. The van der Waals surface area contributed by atoms with Gasteiger partial charge in [-0.1, -0.05) is 74.5 Å². The number of anilines is 1. The predicted molar refractivity (Wildman–Crippen MR) is 137 cm³/mol. The smallest absolute Gasteiger partial charge is 0.324 e. The van der Waals surface area contributed by atoms with Gasteiger partial charge in [0.05, 0.1) is 0 Å². The fourth-order valence-electron chi connectivity index (χ4n) is 6.04. The molecule has 4 aromatic rings. The van der Waals surface area contributed by atoms with E-state index in [0.29, 0.717) is 5.92 Å². The van der Waals surface area contributed by atoms with Crippen molar-refractivity contribution in [2.75, 3.05) is 25.0 Å². The molecule has 1 aliphatic carbocycles. The maximum absolute atomic E-state index is 12.6. The van der Waals surface area contributed by atoms with E-state index in [-0.39, 0.29) is 11.4 Å². The Morgan fingerprint density at radius 3 is 2.48 bits per heavy atom. The van der Waals surface area contributed by atoms with Gasteiger partial charge in [-0.2, -0.15) is 0 Å². The molecule has 0 N–H and O–H groups in total. The van der Waals surface area contributed by atoms with Crippen LogP contribution >= 0.6 is 0 Å². The van der Waals surface area contributed by atoms with Gasteiger partial charge in [-0.15, -0.1) is 0 Å². The number of carbonyl (C=O) groups is 1. The third-order valence-electron chi connectivity index (χ3n) is 7.94. The lowest BCUT2D eigenvalue weighted by molar-refractivity contribution is 0.229. The number of rotatable bonds is 2. The summed E-state index contributed by atoms with van der Waals surface area (Å²) < 4.78 is 0. The van der Waals surface area contributed by atoms with Crippen molar-refractivity contribution in [1.29, 1.82) is 0 Å². The number of fused-ring (bicyclic) bond motifs is 5. The van der Waals surface area contributed by atoms with Crippen LogP contribution in [0.15, 0.2) is 72.8 Å². The number of carbonyl (C=O) groups excluding carboxylic acids is 1. The van der Waals surface area contributed by atoms with Crippen LogP contribution in [-0.2, 0) is 12.8 Å². The molecule has 1 atom stereocenters. The van der Waals surface area contributed by atoms with Crippen molar-refractivity contribution in [1.82, 2.24) is 4.90 Å². The van der Waals surface area contributed by atoms with Gasteiger partial charge >= 0.3 is 6.03 Å². The molecule has 33 heavy (non-hydrogen) atoms. The Hall–Kier alpha value is -3.33. The topological polar surface area (TPSA) is 23.6 Å². The van der Waals surface area contributed by atoms with Gasteiger partial charge in [0, 0.05) is 25.8 Å². The van der Waals surface area contributed by atoms with E-state index in [1.807, 2.05) is 11.9 Å². The summed E-state index contributed by atoms with van der Waals surface area (Å²) in [6, 6.07) is 26.7. The molecular weight excluding hydrogens is 404 g/mol. The molecule has 2 aliphatic rings. The normalized spacial score (nSPS) is 20.0. The summed E-state index contributed by atoms with van der Waals surface area (Å²) in [5, 5.41) is 5.40. The zero-order valence-electron chi connectivity index (χ0n) is 19.6. The van der Waals surface area contributed by atoms with Crippen LogP contribution < -0.4 is 4.90 Å². The van der Waals surface area contributed by atoms with E-state index < -0.39 is 0 Å². The van der Waals surface area contributed by atoms with Crippen LogP contribution in [0.1, 0.15) is 36.5 Å². The Kier molecular flexibility index (Phi) is 4.52. The first kappa shape index (κ1) is 20.3. The fraction of sp³-hybridized carbons (Fsp3) is 0.300. The fourth-order valence-corrected chi connectivity index (χ4v) is 6.04. The third kappa shape index (κ3) is 3.21. The lowest BCUT2D eigenvalue weighted by Gasteiger charge is -2.41. The third-order valence-corrected chi connectivity index (χ3v) is 7.94. The highest BCUT2D eigenvalue weighted by Gasteiger charge is 2.37. The zero-order chi connectivity index (χ0) is 22.7. The van der Waals surface area contributed by atoms with Gasteiger partial charge in [-0.3, -0.25) is 4.90 Å². The molecular formula is C30H30N2O. The quantitative estimate of drug-likeness (QED) is 0.319. The maximum Gasteiger partial charge on any atom is 0.324 e. The average Bonchev–Trinajstić information content (AvgIpc) is 3.16. The van der Waals surface area contributed by atoms with Crippen molar-refractivity contribution in [2.45, 2.75) is 32.6 Å². The predicted octanol–water partition coefficient (Wildman–Crippen LogP) is 6.77. The summed E-state index contributed by atoms with van der Waals surface area (Å²) in [6.07, 6.45) is 2.08. The molecule has 0 saturated carbocycles. The number of nitrogens with zero attached hydrogens (tertiary/aromatic N) is 2. The van der Waals surface area contributed by atoms with Crippen molar-refractivity contribution in [3.05, 3.63) is 89.5 Å². The minimum atomic E-state index is 0.0964. The van der Waals surface area contributed by atoms with Crippen LogP contribution in [-0.4, -0.2) is 31.1 Å². The van der Waals surface area contributed by atoms with Gasteiger partial charge < -0.3 is 4.90 Å². The molecule has 0 bridgehead atoms. The van der Waals surface area contributed by atoms with Gasteiger partial charge in [0.15, 0.2) is 0 Å². The largest absolute Gasteiger partial charge is 0.326 e. The molecule has 1 unspecified atom stereocenters. The summed E-state index contributed by atoms with van der Waals surface area (Å²) in [7, 11) is 1.88. The van der Waals surface area contributed by atoms with Crippen molar-refractivity contribution in [3.8, 4) is 0 Å². The van der Waals surface area contributed by atoms with Crippen molar-refractivity contribution in [2.24, 2.45) is 5.41 Å². The highest BCUT2D eigenvalue weighted by molar-refractivity contribution is 6.08. The molecule has 3 nitrogen and oxygen atoms in total.